The number of para-hydroxylation sites is 1. The number of fused-ring (bicyclic) bond motifs is 1. The maximum atomic E-state index is 12.6. The Morgan fingerprint density at radius 1 is 0.879 bits per heavy atom. The average molecular weight is 435 g/mol. The second kappa shape index (κ2) is 9.27. The minimum Gasteiger partial charge on any atom is -0.352 e. The molecule has 2 aromatic carbocycles. The average Bonchev–Trinajstić information content (AvgIpc) is 3.23. The topological polar surface area (TPSA) is 97.6 Å². The molecule has 0 radical (unpaired) electrons. The summed E-state index contributed by atoms with van der Waals surface area (Å²) < 4.78 is 1.95. The van der Waals surface area contributed by atoms with Crippen LogP contribution in [0.5, 0.6) is 0 Å². The summed E-state index contributed by atoms with van der Waals surface area (Å²) >= 11 is 0. The molecule has 162 valence electrons. The predicted molar refractivity (Wildman–Crippen MR) is 126 cm³/mol. The summed E-state index contributed by atoms with van der Waals surface area (Å²) in [5.74, 6) is 1.79. The molecule has 0 spiro atoms. The number of nitrogens with zero attached hydrogens (tertiary/aromatic N) is 5. The lowest BCUT2D eigenvalue weighted by molar-refractivity contribution is -0.120. The van der Waals surface area contributed by atoms with Gasteiger partial charge in [-0.2, -0.15) is 0 Å². The number of hydrogen-bond donors (Lipinski definition) is 2. The number of amides is 1. The van der Waals surface area contributed by atoms with Gasteiger partial charge in [0.15, 0.2) is 11.6 Å². The summed E-state index contributed by atoms with van der Waals surface area (Å²) in [5, 5.41) is 15.7. The molecule has 8 nitrogen and oxygen atoms in total. The van der Waals surface area contributed by atoms with E-state index in [1.54, 1.807) is 18.6 Å². The number of carbonyl (C=O) groups is 1. The molecule has 0 unspecified atom stereocenters. The molecule has 0 aliphatic rings. The third-order valence-electron chi connectivity index (χ3n) is 5.19. The maximum Gasteiger partial charge on any atom is 0.224 e. The second-order valence-corrected chi connectivity index (χ2v) is 7.47. The van der Waals surface area contributed by atoms with Crippen LogP contribution >= 0.6 is 0 Å². The second-order valence-electron chi connectivity index (χ2n) is 7.47. The van der Waals surface area contributed by atoms with Gasteiger partial charge in [-0.3, -0.25) is 14.3 Å². The molecule has 33 heavy (non-hydrogen) atoms. The third-order valence-corrected chi connectivity index (χ3v) is 5.19. The molecule has 3 aromatic heterocycles. The first-order valence-electron chi connectivity index (χ1n) is 10.5. The van der Waals surface area contributed by atoms with Gasteiger partial charge in [-0.25, -0.2) is 4.98 Å². The lowest BCUT2D eigenvalue weighted by atomic mass is 10.1. The molecule has 0 aliphatic carbocycles. The van der Waals surface area contributed by atoms with Gasteiger partial charge in [0.25, 0.3) is 0 Å². The van der Waals surface area contributed by atoms with E-state index in [0.29, 0.717) is 24.0 Å². The molecule has 5 rings (SSSR count). The van der Waals surface area contributed by atoms with Gasteiger partial charge in [-0.1, -0.05) is 48.5 Å². The number of rotatable bonds is 7. The van der Waals surface area contributed by atoms with Gasteiger partial charge in [0.1, 0.15) is 5.82 Å². The van der Waals surface area contributed by atoms with Crippen LogP contribution in [0.3, 0.4) is 0 Å². The monoisotopic (exact) mass is 435 g/mol. The van der Waals surface area contributed by atoms with Crippen LogP contribution in [0.4, 0.5) is 11.6 Å². The predicted octanol–water partition coefficient (Wildman–Crippen LogP) is 3.81. The van der Waals surface area contributed by atoms with Crippen molar-refractivity contribution < 1.29 is 4.79 Å². The van der Waals surface area contributed by atoms with Crippen LogP contribution in [0.1, 0.15) is 11.1 Å². The van der Waals surface area contributed by atoms with Crippen LogP contribution in [0.25, 0.3) is 16.7 Å². The van der Waals surface area contributed by atoms with E-state index in [2.05, 4.69) is 30.8 Å². The molecule has 5 aromatic rings. The van der Waals surface area contributed by atoms with Crippen molar-refractivity contribution in [1.82, 2.24) is 30.0 Å². The minimum atomic E-state index is -0.0311. The smallest absolute Gasteiger partial charge is 0.224 e. The van der Waals surface area contributed by atoms with Crippen molar-refractivity contribution in [1.29, 1.82) is 0 Å². The fourth-order valence-electron chi connectivity index (χ4n) is 3.63. The van der Waals surface area contributed by atoms with Crippen molar-refractivity contribution in [3.8, 4) is 5.82 Å². The highest BCUT2D eigenvalue weighted by atomic mass is 16.1. The minimum absolute atomic E-state index is 0.0311. The highest BCUT2D eigenvalue weighted by Crippen LogP contribution is 2.25. The third kappa shape index (κ3) is 4.69. The van der Waals surface area contributed by atoms with Gasteiger partial charge in [0.05, 0.1) is 18.1 Å². The fraction of sp³-hybridized carbons (Fsp3) is 0.0800. The van der Waals surface area contributed by atoms with Crippen molar-refractivity contribution in [3.05, 3.63) is 103 Å². The highest BCUT2D eigenvalue weighted by Gasteiger charge is 2.14. The largest absolute Gasteiger partial charge is 0.352 e. The summed E-state index contributed by atoms with van der Waals surface area (Å²) in [7, 11) is 0. The van der Waals surface area contributed by atoms with E-state index >= 15 is 0 Å². The van der Waals surface area contributed by atoms with Gasteiger partial charge < -0.3 is 10.6 Å². The van der Waals surface area contributed by atoms with E-state index in [4.69, 9.17) is 0 Å². The summed E-state index contributed by atoms with van der Waals surface area (Å²) in [6.07, 6.45) is 7.06. The van der Waals surface area contributed by atoms with E-state index in [0.717, 1.165) is 22.0 Å². The van der Waals surface area contributed by atoms with Gasteiger partial charge in [-0.05, 0) is 29.3 Å². The Hall–Kier alpha value is -4.59. The highest BCUT2D eigenvalue weighted by molar-refractivity contribution is 5.90. The van der Waals surface area contributed by atoms with Gasteiger partial charge in [0.2, 0.25) is 5.91 Å². The van der Waals surface area contributed by atoms with Crippen molar-refractivity contribution in [2.45, 2.75) is 13.0 Å². The Kier molecular flexibility index (Phi) is 5.71. The summed E-state index contributed by atoms with van der Waals surface area (Å²) in [6, 6.07) is 21.5. The zero-order chi connectivity index (χ0) is 22.5. The number of anilines is 2. The molecule has 8 heteroatoms. The molecule has 1 amide bonds. The van der Waals surface area contributed by atoms with E-state index in [1.807, 2.05) is 77.5 Å². The zero-order valence-corrected chi connectivity index (χ0v) is 17.7. The van der Waals surface area contributed by atoms with Crippen molar-refractivity contribution in [2.75, 3.05) is 5.32 Å². The molecule has 0 aliphatic heterocycles. The lowest BCUT2D eigenvalue weighted by Gasteiger charge is -2.06. The Balaban J connectivity index is 1.35. The van der Waals surface area contributed by atoms with Gasteiger partial charge in [-0.15, -0.1) is 10.2 Å². The van der Waals surface area contributed by atoms with Crippen molar-refractivity contribution in [2.24, 2.45) is 0 Å². The van der Waals surface area contributed by atoms with Crippen molar-refractivity contribution >= 4 is 28.4 Å². The molecule has 0 saturated carbocycles. The van der Waals surface area contributed by atoms with E-state index < -0.39 is 0 Å². The number of benzene rings is 2. The van der Waals surface area contributed by atoms with Crippen LogP contribution in [-0.2, 0) is 17.8 Å². The Bertz CT molecular complexity index is 1370. The Morgan fingerprint density at radius 3 is 2.52 bits per heavy atom. The number of aromatic nitrogens is 5. The number of hydrogen-bond acceptors (Lipinski definition) is 6. The van der Waals surface area contributed by atoms with E-state index in [-0.39, 0.29) is 12.3 Å². The molecule has 0 atom stereocenters. The van der Waals surface area contributed by atoms with Crippen LogP contribution in [-0.4, -0.2) is 30.6 Å². The number of nitrogens with one attached hydrogen (secondary N) is 2. The molecular weight excluding hydrogens is 414 g/mol. The summed E-state index contributed by atoms with van der Waals surface area (Å²) in [4.78, 5) is 20.8. The SMILES string of the molecule is O=C(Cc1cn(-c2ccc(Nc3cnccn3)nn2)c2ccccc12)NCc1ccccc1. The molecule has 0 bridgehead atoms. The molecule has 0 fully saturated rings. The zero-order valence-electron chi connectivity index (χ0n) is 17.7. The van der Waals surface area contributed by atoms with Crippen LogP contribution in [0.2, 0.25) is 0 Å². The van der Waals surface area contributed by atoms with Crippen LogP contribution in [0, 0.1) is 0 Å². The quantitative estimate of drug-likeness (QED) is 0.403. The lowest BCUT2D eigenvalue weighted by Crippen LogP contribution is -2.24. The first kappa shape index (κ1) is 20.3. The molecule has 2 N–H and O–H groups in total. The van der Waals surface area contributed by atoms with E-state index in [1.165, 1.54) is 0 Å². The first-order chi connectivity index (χ1) is 16.3. The summed E-state index contributed by atoms with van der Waals surface area (Å²) in [5.41, 5.74) is 2.96. The molecule has 3 heterocycles. The van der Waals surface area contributed by atoms with Crippen LogP contribution in [0.15, 0.2) is 91.5 Å². The first-order valence-corrected chi connectivity index (χ1v) is 10.5. The van der Waals surface area contributed by atoms with Gasteiger partial charge in [0, 0.05) is 30.5 Å². The molecule has 0 saturated heterocycles. The summed E-state index contributed by atoms with van der Waals surface area (Å²) in [6.45, 7) is 0.504. The maximum absolute atomic E-state index is 12.6. The fourth-order valence-corrected chi connectivity index (χ4v) is 3.63. The van der Waals surface area contributed by atoms with Crippen LogP contribution < -0.4 is 10.6 Å². The Labute approximate surface area is 190 Å². The Morgan fingerprint density at radius 2 is 1.73 bits per heavy atom. The van der Waals surface area contributed by atoms with E-state index in [9.17, 15) is 4.79 Å². The number of carbonyl (C=O) groups excluding carboxylic acids is 1. The normalized spacial score (nSPS) is 10.8. The van der Waals surface area contributed by atoms with Crippen molar-refractivity contribution in [3.63, 3.8) is 0 Å². The van der Waals surface area contributed by atoms with Gasteiger partial charge >= 0.3 is 0 Å². The molecular formula is C25H21N7O. The standard InChI is InChI=1S/C25H21N7O/c33-25(28-15-18-6-2-1-3-7-18)14-19-17-32(21-9-5-4-8-20(19)21)24-11-10-22(30-31-24)29-23-16-26-12-13-27-23/h1-13,16-17H,14-15H2,(H,28,33)(H,27,29,30).